The standard InChI is InChI=1S/C21H32O4/c1-3-4-9-16(2)19(22)14-12-17-13-15-20(23)18(17)10-7-5-6-8-11-21(24)25/h5,7,12-19,22H,3-4,6,8-11H2,1-2H3,(H,24,25)/b7-5-,14-12?/t16-,17+,18-,19-/m1/s1. The molecule has 2 N–H and O–H groups in total. The molecule has 0 saturated heterocycles. The maximum atomic E-state index is 12.0. The first-order valence-corrected chi connectivity index (χ1v) is 9.41. The molecule has 4 atom stereocenters. The van der Waals surface area contributed by atoms with E-state index in [0.29, 0.717) is 12.8 Å². The normalized spacial score (nSPS) is 22.9. The number of unbranched alkanes of at least 4 members (excludes halogenated alkanes) is 2. The van der Waals surface area contributed by atoms with Crippen molar-refractivity contribution in [3.8, 4) is 0 Å². The lowest BCUT2D eigenvalue weighted by Gasteiger charge is -2.17. The van der Waals surface area contributed by atoms with Gasteiger partial charge in [-0.1, -0.05) is 57.1 Å². The molecule has 1 aliphatic carbocycles. The van der Waals surface area contributed by atoms with Crippen LogP contribution >= 0.6 is 0 Å². The Kier molecular flexibility index (Phi) is 10.1. The Balaban J connectivity index is 2.45. The average molecular weight is 348 g/mol. The summed E-state index contributed by atoms with van der Waals surface area (Å²) in [7, 11) is 0. The Morgan fingerprint density at radius 3 is 2.76 bits per heavy atom. The van der Waals surface area contributed by atoms with Gasteiger partial charge >= 0.3 is 5.97 Å². The highest BCUT2D eigenvalue weighted by molar-refractivity contribution is 5.95. The third-order valence-corrected chi connectivity index (χ3v) is 4.76. The number of carboxylic acids is 1. The molecular weight excluding hydrogens is 316 g/mol. The molecule has 0 radical (unpaired) electrons. The molecule has 1 rings (SSSR count). The molecular formula is C21H32O4. The fourth-order valence-corrected chi connectivity index (χ4v) is 2.99. The Morgan fingerprint density at radius 2 is 2.08 bits per heavy atom. The fraction of sp³-hybridized carbons (Fsp3) is 0.619. The number of carbonyl (C=O) groups is 2. The number of allylic oxidation sites excluding steroid dienone is 5. The van der Waals surface area contributed by atoms with Crippen LogP contribution in [0.5, 0.6) is 0 Å². The van der Waals surface area contributed by atoms with E-state index in [-0.39, 0.29) is 30.0 Å². The summed E-state index contributed by atoms with van der Waals surface area (Å²) in [6.45, 7) is 4.20. The van der Waals surface area contributed by atoms with Gasteiger partial charge in [0.1, 0.15) is 0 Å². The van der Waals surface area contributed by atoms with E-state index in [9.17, 15) is 14.7 Å². The SMILES string of the molecule is CCCC[C@@H](C)[C@H](O)C=C[C@H]1C=CC(=O)[C@@H]1C/C=C\CCCC(=O)O. The molecule has 4 nitrogen and oxygen atoms in total. The maximum Gasteiger partial charge on any atom is 0.303 e. The highest BCUT2D eigenvalue weighted by atomic mass is 16.4. The van der Waals surface area contributed by atoms with Crippen LogP contribution in [-0.4, -0.2) is 28.1 Å². The molecule has 25 heavy (non-hydrogen) atoms. The van der Waals surface area contributed by atoms with Gasteiger partial charge in [-0.25, -0.2) is 0 Å². The summed E-state index contributed by atoms with van der Waals surface area (Å²) in [5.74, 6) is -0.502. The van der Waals surface area contributed by atoms with Crippen molar-refractivity contribution in [1.29, 1.82) is 0 Å². The largest absolute Gasteiger partial charge is 0.481 e. The number of carbonyl (C=O) groups excluding carboxylic acids is 1. The van der Waals surface area contributed by atoms with E-state index in [1.807, 2.05) is 30.4 Å². The van der Waals surface area contributed by atoms with Crippen LogP contribution in [-0.2, 0) is 9.59 Å². The zero-order valence-corrected chi connectivity index (χ0v) is 15.4. The minimum atomic E-state index is -0.777. The number of hydrogen-bond donors (Lipinski definition) is 2. The number of aliphatic carboxylic acids is 1. The topological polar surface area (TPSA) is 74.6 Å². The molecule has 0 unspecified atom stereocenters. The number of ketones is 1. The minimum Gasteiger partial charge on any atom is -0.481 e. The molecule has 0 heterocycles. The molecule has 0 fully saturated rings. The quantitative estimate of drug-likeness (QED) is 0.407. The lowest BCUT2D eigenvalue weighted by Crippen LogP contribution is -2.17. The zero-order chi connectivity index (χ0) is 18.7. The smallest absolute Gasteiger partial charge is 0.303 e. The van der Waals surface area contributed by atoms with Crippen LogP contribution in [0.25, 0.3) is 0 Å². The van der Waals surface area contributed by atoms with E-state index >= 15 is 0 Å². The number of rotatable bonds is 12. The van der Waals surface area contributed by atoms with Crippen molar-refractivity contribution in [1.82, 2.24) is 0 Å². The van der Waals surface area contributed by atoms with E-state index in [4.69, 9.17) is 5.11 Å². The molecule has 4 heteroatoms. The first-order valence-electron chi connectivity index (χ1n) is 9.41. The second-order valence-electron chi connectivity index (χ2n) is 6.93. The molecule has 0 aliphatic heterocycles. The van der Waals surface area contributed by atoms with Gasteiger partial charge in [0.15, 0.2) is 5.78 Å². The minimum absolute atomic E-state index is 0.0317. The first-order chi connectivity index (χ1) is 12.0. The second kappa shape index (κ2) is 11.8. The third-order valence-electron chi connectivity index (χ3n) is 4.76. The van der Waals surface area contributed by atoms with Gasteiger partial charge in [0.05, 0.1) is 6.10 Å². The van der Waals surface area contributed by atoms with Crippen molar-refractivity contribution in [2.45, 2.75) is 64.9 Å². The fourth-order valence-electron chi connectivity index (χ4n) is 2.99. The van der Waals surface area contributed by atoms with Crippen LogP contribution in [0, 0.1) is 17.8 Å². The molecule has 140 valence electrons. The lowest BCUT2D eigenvalue weighted by atomic mass is 9.89. The second-order valence-corrected chi connectivity index (χ2v) is 6.93. The van der Waals surface area contributed by atoms with Crippen molar-refractivity contribution < 1.29 is 19.8 Å². The van der Waals surface area contributed by atoms with Crippen LogP contribution in [0.4, 0.5) is 0 Å². The summed E-state index contributed by atoms with van der Waals surface area (Å²) < 4.78 is 0. The maximum absolute atomic E-state index is 12.0. The number of carboxylic acid groups (broad SMARTS) is 1. The Morgan fingerprint density at radius 1 is 1.32 bits per heavy atom. The van der Waals surface area contributed by atoms with Crippen molar-refractivity contribution in [2.75, 3.05) is 0 Å². The summed E-state index contributed by atoms with van der Waals surface area (Å²) in [4.78, 5) is 22.5. The number of aliphatic hydroxyl groups excluding tert-OH is 1. The van der Waals surface area contributed by atoms with E-state index in [1.165, 1.54) is 0 Å². The van der Waals surface area contributed by atoms with Crippen LogP contribution in [0.1, 0.15) is 58.8 Å². The molecule has 0 aromatic rings. The van der Waals surface area contributed by atoms with E-state index in [0.717, 1.165) is 25.7 Å². The molecule has 0 aromatic carbocycles. The summed E-state index contributed by atoms with van der Waals surface area (Å²) >= 11 is 0. The Bertz CT molecular complexity index is 504. The zero-order valence-electron chi connectivity index (χ0n) is 15.4. The van der Waals surface area contributed by atoms with E-state index < -0.39 is 12.1 Å². The van der Waals surface area contributed by atoms with Crippen molar-refractivity contribution >= 4 is 11.8 Å². The molecule has 1 aliphatic rings. The molecule has 0 aromatic heterocycles. The highest BCUT2D eigenvalue weighted by Gasteiger charge is 2.27. The van der Waals surface area contributed by atoms with Gasteiger partial charge < -0.3 is 10.2 Å². The molecule has 0 spiro atoms. The van der Waals surface area contributed by atoms with Gasteiger partial charge in [0, 0.05) is 18.3 Å². The van der Waals surface area contributed by atoms with Gasteiger partial charge in [0.2, 0.25) is 0 Å². The average Bonchev–Trinajstić information content (AvgIpc) is 2.93. The number of aliphatic hydroxyl groups is 1. The predicted octanol–water partition coefficient (Wildman–Crippen LogP) is 4.30. The van der Waals surface area contributed by atoms with Crippen molar-refractivity contribution in [3.05, 3.63) is 36.5 Å². The highest BCUT2D eigenvalue weighted by Crippen LogP contribution is 2.28. The van der Waals surface area contributed by atoms with Gasteiger partial charge in [-0.15, -0.1) is 0 Å². The third kappa shape index (κ3) is 8.30. The van der Waals surface area contributed by atoms with Gasteiger partial charge in [-0.3, -0.25) is 9.59 Å². The summed E-state index contributed by atoms with van der Waals surface area (Å²) in [6, 6.07) is 0. The molecule has 0 saturated carbocycles. The van der Waals surface area contributed by atoms with Crippen LogP contribution in [0.2, 0.25) is 0 Å². The lowest BCUT2D eigenvalue weighted by molar-refractivity contribution is -0.137. The van der Waals surface area contributed by atoms with Gasteiger partial charge in [-0.05, 0) is 37.7 Å². The number of hydrogen-bond acceptors (Lipinski definition) is 3. The van der Waals surface area contributed by atoms with E-state index in [1.54, 1.807) is 6.08 Å². The molecule has 0 amide bonds. The van der Waals surface area contributed by atoms with Gasteiger partial charge in [-0.2, -0.15) is 0 Å². The van der Waals surface area contributed by atoms with E-state index in [2.05, 4.69) is 13.8 Å². The Hall–Kier alpha value is -1.68. The summed E-state index contributed by atoms with van der Waals surface area (Å²) in [5, 5.41) is 18.8. The first kappa shape index (κ1) is 21.4. The monoisotopic (exact) mass is 348 g/mol. The summed E-state index contributed by atoms with van der Waals surface area (Å²) in [5.41, 5.74) is 0. The van der Waals surface area contributed by atoms with Crippen molar-refractivity contribution in [2.24, 2.45) is 17.8 Å². The van der Waals surface area contributed by atoms with Crippen molar-refractivity contribution in [3.63, 3.8) is 0 Å². The van der Waals surface area contributed by atoms with Crippen LogP contribution < -0.4 is 0 Å². The molecule has 0 bridgehead atoms. The summed E-state index contributed by atoms with van der Waals surface area (Å²) in [6.07, 6.45) is 16.2. The van der Waals surface area contributed by atoms with Crippen LogP contribution in [0.15, 0.2) is 36.5 Å². The Labute approximate surface area is 151 Å². The van der Waals surface area contributed by atoms with Crippen LogP contribution in [0.3, 0.4) is 0 Å². The predicted molar refractivity (Wildman–Crippen MR) is 100 cm³/mol. The van der Waals surface area contributed by atoms with Gasteiger partial charge in [0.25, 0.3) is 0 Å².